The maximum Gasteiger partial charge on any atom is 0.336 e. The number of carbonyl (C=O) groups is 4. The fraction of sp³-hybridized carbons (Fsp3) is 0.368. The molecule has 6 rings (SSSR count). The van der Waals surface area contributed by atoms with Crippen LogP contribution in [0.5, 0.6) is 0 Å². The second kappa shape index (κ2) is 15.6. The smallest absolute Gasteiger partial charge is 0.336 e. The highest BCUT2D eigenvalue weighted by atomic mass is 19.2. The van der Waals surface area contributed by atoms with Crippen molar-refractivity contribution in [2.75, 3.05) is 27.6 Å². The first-order chi connectivity index (χ1) is 24.8. The van der Waals surface area contributed by atoms with Gasteiger partial charge >= 0.3 is 11.9 Å². The van der Waals surface area contributed by atoms with Crippen LogP contribution in [-0.4, -0.2) is 51.1 Å². The Morgan fingerprint density at radius 3 is 1.37 bits per heavy atom. The molecule has 4 atom stereocenters. The summed E-state index contributed by atoms with van der Waals surface area (Å²) in [6.07, 6.45) is -2.24. The van der Waals surface area contributed by atoms with Gasteiger partial charge in [-0.05, 0) is 49.9 Å². The summed E-state index contributed by atoms with van der Waals surface area (Å²) in [5, 5.41) is 5.60. The SMILES string of the molecule is COC(=O)C1=C(CF)NC2=C(C(=O)CC2)[C@H]1c1cccc(F)c1[C@@H](C)F.COC(=O)C1=C(CF)NC2=C(C(=O)CC2)[C@H]1c1cccc(F)c1[C@H](C)F. The van der Waals surface area contributed by atoms with Crippen molar-refractivity contribution in [2.24, 2.45) is 0 Å². The van der Waals surface area contributed by atoms with E-state index in [1.165, 1.54) is 38.1 Å². The van der Waals surface area contributed by atoms with Gasteiger partial charge in [-0.3, -0.25) is 9.59 Å². The van der Waals surface area contributed by atoms with Gasteiger partial charge < -0.3 is 20.1 Å². The zero-order valence-corrected chi connectivity index (χ0v) is 28.7. The molecule has 0 aromatic heterocycles. The highest BCUT2D eigenvalue weighted by molar-refractivity contribution is 6.06. The number of nitrogens with one attached hydrogen (secondary N) is 2. The normalized spacial score (nSPS) is 20.8. The third kappa shape index (κ3) is 6.78. The highest BCUT2D eigenvalue weighted by Crippen LogP contribution is 2.47. The summed E-state index contributed by atoms with van der Waals surface area (Å²) in [5.74, 6) is -5.86. The average molecular weight is 731 g/mol. The molecule has 2 N–H and O–H groups in total. The largest absolute Gasteiger partial charge is 0.466 e. The molecular formula is C38H36F6N2O6. The van der Waals surface area contributed by atoms with E-state index in [0.717, 1.165) is 26.4 Å². The number of alkyl halides is 4. The van der Waals surface area contributed by atoms with E-state index >= 15 is 0 Å². The van der Waals surface area contributed by atoms with Gasteiger partial charge in [0.1, 0.15) is 37.3 Å². The Bertz CT molecular complexity index is 1820. The van der Waals surface area contributed by atoms with Crippen molar-refractivity contribution in [1.29, 1.82) is 0 Å². The Kier molecular flexibility index (Phi) is 11.4. The summed E-state index contributed by atoms with van der Waals surface area (Å²) in [5.41, 5.74) is 0.901. The van der Waals surface area contributed by atoms with Gasteiger partial charge in [0.2, 0.25) is 0 Å². The number of ketones is 2. The van der Waals surface area contributed by atoms with Gasteiger partial charge in [0.15, 0.2) is 11.6 Å². The number of ether oxygens (including phenoxy) is 2. The van der Waals surface area contributed by atoms with Crippen LogP contribution in [0.1, 0.15) is 86.0 Å². The van der Waals surface area contributed by atoms with Crippen molar-refractivity contribution >= 4 is 23.5 Å². The molecule has 8 nitrogen and oxygen atoms in total. The van der Waals surface area contributed by atoms with Crippen LogP contribution in [-0.2, 0) is 28.7 Å². The number of rotatable bonds is 8. The lowest BCUT2D eigenvalue weighted by Crippen LogP contribution is -2.32. The molecule has 0 fully saturated rings. The molecule has 4 aliphatic rings. The maximum atomic E-state index is 14.3. The van der Waals surface area contributed by atoms with Gasteiger partial charge in [-0.1, -0.05) is 24.3 Å². The summed E-state index contributed by atoms with van der Waals surface area (Å²) >= 11 is 0. The molecule has 0 saturated heterocycles. The minimum atomic E-state index is -1.67. The number of carbonyl (C=O) groups excluding carboxylic acids is 4. The van der Waals surface area contributed by atoms with E-state index in [9.17, 15) is 45.5 Å². The highest BCUT2D eigenvalue weighted by Gasteiger charge is 2.44. The maximum absolute atomic E-state index is 14.3. The van der Waals surface area contributed by atoms with Crippen LogP contribution >= 0.6 is 0 Å². The van der Waals surface area contributed by atoms with E-state index in [4.69, 9.17) is 9.47 Å². The fourth-order valence-electron chi connectivity index (χ4n) is 7.40. The van der Waals surface area contributed by atoms with Crippen molar-refractivity contribution < 1.29 is 55.0 Å². The number of hydrogen-bond acceptors (Lipinski definition) is 8. The Labute approximate surface area is 295 Å². The standard InChI is InChI=1S/2C19H18F3NO3/c2*1-9(21)15-10(4-3-5-11(15)22)16-17-12(6-7-14(17)24)23-13(8-20)18(16)19(25)26-2/h2*3-5,9,16,23H,6-8H2,1-2H3/t9-,16+;9-,16-/m01/s1. The van der Waals surface area contributed by atoms with Gasteiger partial charge in [-0.25, -0.2) is 35.9 Å². The first-order valence-corrected chi connectivity index (χ1v) is 16.5. The molecule has 276 valence electrons. The van der Waals surface area contributed by atoms with Crippen LogP contribution in [0.4, 0.5) is 26.3 Å². The summed E-state index contributed by atoms with van der Waals surface area (Å²) in [7, 11) is 2.26. The topological polar surface area (TPSA) is 111 Å². The third-order valence-electron chi connectivity index (χ3n) is 9.53. The molecule has 0 bridgehead atoms. The molecule has 0 radical (unpaired) electrons. The first kappa shape index (κ1) is 38.1. The molecular weight excluding hydrogens is 694 g/mol. The number of halogens is 6. The quantitative estimate of drug-likeness (QED) is 0.219. The molecule has 52 heavy (non-hydrogen) atoms. The number of dihydropyridines is 2. The Balaban J connectivity index is 0.000000201. The zero-order chi connectivity index (χ0) is 38.0. The Morgan fingerprint density at radius 2 is 1.06 bits per heavy atom. The first-order valence-electron chi connectivity index (χ1n) is 16.5. The fourth-order valence-corrected chi connectivity index (χ4v) is 7.40. The van der Waals surface area contributed by atoms with E-state index in [1.807, 2.05) is 0 Å². The molecule has 2 aromatic carbocycles. The van der Waals surface area contributed by atoms with E-state index in [0.29, 0.717) is 24.2 Å². The Hall–Kier alpha value is -5.14. The van der Waals surface area contributed by atoms with Crippen molar-refractivity contribution in [3.63, 3.8) is 0 Å². The van der Waals surface area contributed by atoms with Crippen LogP contribution in [0.15, 0.2) is 81.5 Å². The third-order valence-corrected chi connectivity index (χ3v) is 9.53. The van der Waals surface area contributed by atoms with Crippen LogP contribution in [0.25, 0.3) is 0 Å². The number of benzene rings is 2. The van der Waals surface area contributed by atoms with Crippen molar-refractivity contribution in [2.45, 2.75) is 63.7 Å². The van der Waals surface area contributed by atoms with E-state index in [2.05, 4.69) is 10.6 Å². The van der Waals surface area contributed by atoms with Crippen LogP contribution in [0.3, 0.4) is 0 Å². The Morgan fingerprint density at radius 1 is 0.692 bits per heavy atom. The minimum absolute atomic E-state index is 0.0444. The van der Waals surface area contributed by atoms with Crippen molar-refractivity contribution in [3.8, 4) is 0 Å². The molecule has 0 unspecified atom stereocenters. The lowest BCUT2D eigenvalue weighted by molar-refractivity contribution is -0.137. The molecule has 0 spiro atoms. The number of hydrogen-bond donors (Lipinski definition) is 2. The molecule has 0 saturated carbocycles. The lowest BCUT2D eigenvalue weighted by atomic mass is 9.78. The van der Waals surface area contributed by atoms with E-state index in [1.54, 1.807) is 0 Å². The molecule has 0 amide bonds. The van der Waals surface area contributed by atoms with E-state index in [-0.39, 0.29) is 80.3 Å². The predicted molar refractivity (Wildman–Crippen MR) is 176 cm³/mol. The number of methoxy groups -OCH3 is 2. The molecule has 2 aromatic rings. The van der Waals surface area contributed by atoms with Gasteiger partial charge in [0.25, 0.3) is 0 Å². The number of esters is 2. The molecule has 2 aliphatic heterocycles. The lowest BCUT2D eigenvalue weighted by Gasteiger charge is -2.30. The number of Topliss-reactive ketones (excluding diaryl/α,β-unsaturated/α-hetero) is 2. The summed E-state index contributed by atoms with van der Waals surface area (Å²) in [4.78, 5) is 49.7. The molecule has 2 aliphatic carbocycles. The second-order valence-corrected chi connectivity index (χ2v) is 12.5. The van der Waals surface area contributed by atoms with Crippen LogP contribution in [0, 0.1) is 11.6 Å². The second-order valence-electron chi connectivity index (χ2n) is 12.5. The minimum Gasteiger partial charge on any atom is -0.466 e. The zero-order valence-electron chi connectivity index (χ0n) is 28.7. The monoisotopic (exact) mass is 730 g/mol. The summed E-state index contributed by atoms with van der Waals surface area (Å²) < 4.78 is 93.8. The molecule has 2 heterocycles. The average Bonchev–Trinajstić information content (AvgIpc) is 3.69. The van der Waals surface area contributed by atoms with Crippen molar-refractivity contribution in [1.82, 2.24) is 10.6 Å². The van der Waals surface area contributed by atoms with Gasteiger partial charge in [0.05, 0.1) is 36.8 Å². The summed E-state index contributed by atoms with van der Waals surface area (Å²) in [6.45, 7) is 0.349. The van der Waals surface area contributed by atoms with Gasteiger partial charge in [-0.15, -0.1) is 0 Å². The van der Waals surface area contributed by atoms with E-state index < -0.39 is 61.1 Å². The van der Waals surface area contributed by atoms with Crippen LogP contribution in [0.2, 0.25) is 0 Å². The predicted octanol–water partition coefficient (Wildman–Crippen LogP) is 7.11. The van der Waals surface area contributed by atoms with Gasteiger partial charge in [0, 0.05) is 58.3 Å². The number of allylic oxidation sites excluding steroid dienone is 6. The molecule has 14 heteroatoms. The van der Waals surface area contributed by atoms with Gasteiger partial charge in [-0.2, -0.15) is 0 Å². The van der Waals surface area contributed by atoms with Crippen LogP contribution < -0.4 is 10.6 Å². The van der Waals surface area contributed by atoms with Crippen molar-refractivity contribution in [3.05, 3.63) is 115 Å². The summed E-state index contributed by atoms with van der Waals surface area (Å²) in [6, 6.07) is 7.89.